The van der Waals surface area contributed by atoms with E-state index in [0.717, 1.165) is 11.3 Å². The molecule has 0 fully saturated rings. The van der Waals surface area contributed by atoms with E-state index in [-0.39, 0.29) is 0 Å². The van der Waals surface area contributed by atoms with Gasteiger partial charge in [-0.25, -0.2) is 0 Å². The first-order chi connectivity index (χ1) is 6.24. The lowest BCUT2D eigenvalue weighted by molar-refractivity contribution is 0.272. The SMILES string of the molecule is CCO/C=C/c1ccc(C)cc1N. The largest absolute Gasteiger partial charge is 0.501 e. The van der Waals surface area contributed by atoms with Crippen LogP contribution in [0.2, 0.25) is 0 Å². The molecular formula is C11H15NO. The third kappa shape index (κ3) is 2.82. The molecule has 1 aromatic carbocycles. The second-order valence-electron chi connectivity index (χ2n) is 2.89. The molecule has 1 rings (SSSR count). The predicted octanol–water partition coefficient (Wildman–Crippen LogP) is 2.58. The van der Waals surface area contributed by atoms with Crippen molar-refractivity contribution in [3.63, 3.8) is 0 Å². The van der Waals surface area contributed by atoms with Gasteiger partial charge in [0, 0.05) is 11.3 Å². The second-order valence-corrected chi connectivity index (χ2v) is 2.89. The van der Waals surface area contributed by atoms with Crippen LogP contribution in [0.1, 0.15) is 18.1 Å². The highest BCUT2D eigenvalue weighted by Gasteiger charge is 1.93. The zero-order chi connectivity index (χ0) is 9.68. The Kier molecular flexibility index (Phi) is 3.38. The summed E-state index contributed by atoms with van der Waals surface area (Å²) in [7, 11) is 0. The summed E-state index contributed by atoms with van der Waals surface area (Å²) in [4.78, 5) is 0. The van der Waals surface area contributed by atoms with Crippen LogP contribution in [-0.4, -0.2) is 6.61 Å². The lowest BCUT2D eigenvalue weighted by Gasteiger charge is -2.01. The van der Waals surface area contributed by atoms with Crippen LogP contribution in [0.5, 0.6) is 0 Å². The molecule has 0 saturated carbocycles. The Bertz CT molecular complexity index is 305. The summed E-state index contributed by atoms with van der Waals surface area (Å²) >= 11 is 0. The van der Waals surface area contributed by atoms with Gasteiger partial charge < -0.3 is 10.5 Å². The van der Waals surface area contributed by atoms with Crippen LogP contribution < -0.4 is 5.73 Å². The summed E-state index contributed by atoms with van der Waals surface area (Å²) in [5, 5.41) is 0. The summed E-state index contributed by atoms with van der Waals surface area (Å²) in [5.41, 5.74) is 8.76. The Morgan fingerprint density at radius 3 is 2.85 bits per heavy atom. The highest BCUT2D eigenvalue weighted by atomic mass is 16.5. The molecule has 13 heavy (non-hydrogen) atoms. The van der Waals surface area contributed by atoms with Gasteiger partial charge in [-0.2, -0.15) is 0 Å². The summed E-state index contributed by atoms with van der Waals surface area (Å²) in [6.07, 6.45) is 3.54. The zero-order valence-electron chi connectivity index (χ0n) is 8.08. The molecule has 0 amide bonds. The number of hydrogen-bond acceptors (Lipinski definition) is 2. The summed E-state index contributed by atoms with van der Waals surface area (Å²) in [6.45, 7) is 4.65. The molecule has 0 aliphatic heterocycles. The van der Waals surface area contributed by atoms with E-state index in [1.165, 1.54) is 5.56 Å². The first-order valence-electron chi connectivity index (χ1n) is 4.38. The second kappa shape index (κ2) is 4.55. The van der Waals surface area contributed by atoms with E-state index in [4.69, 9.17) is 10.5 Å². The van der Waals surface area contributed by atoms with Crippen LogP contribution in [0.3, 0.4) is 0 Å². The van der Waals surface area contributed by atoms with Gasteiger partial charge >= 0.3 is 0 Å². The molecule has 70 valence electrons. The molecule has 2 nitrogen and oxygen atoms in total. The number of nitrogens with two attached hydrogens (primary N) is 1. The van der Waals surface area contributed by atoms with Gasteiger partial charge in [0.05, 0.1) is 12.9 Å². The van der Waals surface area contributed by atoms with Crippen LogP contribution in [0, 0.1) is 6.92 Å². The average molecular weight is 177 g/mol. The van der Waals surface area contributed by atoms with E-state index >= 15 is 0 Å². The van der Waals surface area contributed by atoms with Crippen molar-refractivity contribution in [2.45, 2.75) is 13.8 Å². The fourth-order valence-electron chi connectivity index (χ4n) is 1.06. The quantitative estimate of drug-likeness (QED) is 0.569. The van der Waals surface area contributed by atoms with Crippen LogP contribution >= 0.6 is 0 Å². The van der Waals surface area contributed by atoms with Crippen LogP contribution in [-0.2, 0) is 4.74 Å². The monoisotopic (exact) mass is 177 g/mol. The molecule has 0 unspecified atom stereocenters. The van der Waals surface area contributed by atoms with E-state index in [1.54, 1.807) is 6.26 Å². The van der Waals surface area contributed by atoms with Crippen molar-refractivity contribution in [2.75, 3.05) is 12.3 Å². The Morgan fingerprint density at radius 2 is 2.23 bits per heavy atom. The molecule has 0 aliphatic rings. The maximum absolute atomic E-state index is 5.80. The van der Waals surface area contributed by atoms with Gasteiger partial charge in [0.15, 0.2) is 0 Å². The fraction of sp³-hybridized carbons (Fsp3) is 0.273. The maximum atomic E-state index is 5.80. The van der Waals surface area contributed by atoms with E-state index in [1.807, 2.05) is 38.1 Å². The van der Waals surface area contributed by atoms with Crippen molar-refractivity contribution in [2.24, 2.45) is 0 Å². The van der Waals surface area contributed by atoms with Gasteiger partial charge in [0.2, 0.25) is 0 Å². The van der Waals surface area contributed by atoms with E-state index in [2.05, 4.69) is 0 Å². The molecule has 2 heteroatoms. The smallest absolute Gasteiger partial charge is 0.0845 e. The topological polar surface area (TPSA) is 35.2 Å². The molecule has 1 aromatic rings. The molecule has 0 aromatic heterocycles. The Labute approximate surface area is 79.0 Å². The molecule has 0 bridgehead atoms. The molecule has 2 N–H and O–H groups in total. The summed E-state index contributed by atoms with van der Waals surface area (Å²) < 4.78 is 5.09. The lowest BCUT2D eigenvalue weighted by atomic mass is 10.1. The minimum Gasteiger partial charge on any atom is -0.501 e. The fourth-order valence-corrected chi connectivity index (χ4v) is 1.06. The van der Waals surface area contributed by atoms with E-state index in [0.29, 0.717) is 6.61 Å². The summed E-state index contributed by atoms with van der Waals surface area (Å²) in [5.74, 6) is 0. The Balaban J connectivity index is 2.77. The third-order valence-electron chi connectivity index (χ3n) is 1.75. The summed E-state index contributed by atoms with van der Waals surface area (Å²) in [6, 6.07) is 5.97. The Hall–Kier alpha value is -1.44. The number of ether oxygens (including phenoxy) is 1. The standard InChI is InChI=1S/C11H15NO/c1-3-13-7-6-10-5-4-9(2)8-11(10)12/h4-8H,3,12H2,1-2H3/b7-6+. The number of benzene rings is 1. The number of anilines is 1. The minimum atomic E-state index is 0.683. The molecule has 0 saturated heterocycles. The molecule has 0 spiro atoms. The van der Waals surface area contributed by atoms with Gasteiger partial charge in [-0.15, -0.1) is 0 Å². The minimum absolute atomic E-state index is 0.683. The maximum Gasteiger partial charge on any atom is 0.0845 e. The normalized spacial score (nSPS) is 10.6. The number of aryl methyl sites for hydroxylation is 1. The van der Waals surface area contributed by atoms with Crippen molar-refractivity contribution < 1.29 is 4.74 Å². The van der Waals surface area contributed by atoms with Crippen molar-refractivity contribution in [1.29, 1.82) is 0 Å². The number of hydrogen-bond donors (Lipinski definition) is 1. The van der Waals surface area contributed by atoms with Gasteiger partial charge in [0.25, 0.3) is 0 Å². The van der Waals surface area contributed by atoms with Crippen molar-refractivity contribution in [3.8, 4) is 0 Å². The number of rotatable bonds is 3. The number of nitrogen functional groups attached to an aromatic ring is 1. The highest BCUT2D eigenvalue weighted by Crippen LogP contribution is 2.15. The first kappa shape index (κ1) is 9.65. The molecular weight excluding hydrogens is 162 g/mol. The molecule has 0 heterocycles. The van der Waals surface area contributed by atoms with Crippen LogP contribution in [0.15, 0.2) is 24.5 Å². The highest BCUT2D eigenvalue weighted by molar-refractivity contribution is 5.64. The van der Waals surface area contributed by atoms with Crippen molar-refractivity contribution in [1.82, 2.24) is 0 Å². The van der Waals surface area contributed by atoms with Crippen LogP contribution in [0.4, 0.5) is 5.69 Å². The first-order valence-corrected chi connectivity index (χ1v) is 4.38. The van der Waals surface area contributed by atoms with Gasteiger partial charge in [-0.1, -0.05) is 12.1 Å². The predicted molar refractivity (Wildman–Crippen MR) is 56.3 cm³/mol. The van der Waals surface area contributed by atoms with Crippen molar-refractivity contribution in [3.05, 3.63) is 35.6 Å². The molecule has 0 aliphatic carbocycles. The van der Waals surface area contributed by atoms with Crippen molar-refractivity contribution >= 4 is 11.8 Å². The lowest BCUT2D eigenvalue weighted by Crippen LogP contribution is -1.89. The van der Waals surface area contributed by atoms with Crippen LogP contribution in [0.25, 0.3) is 6.08 Å². The Morgan fingerprint density at radius 1 is 1.46 bits per heavy atom. The third-order valence-corrected chi connectivity index (χ3v) is 1.75. The van der Waals surface area contributed by atoms with E-state index in [9.17, 15) is 0 Å². The molecule has 0 atom stereocenters. The zero-order valence-corrected chi connectivity index (χ0v) is 8.08. The van der Waals surface area contributed by atoms with E-state index < -0.39 is 0 Å². The van der Waals surface area contributed by atoms with Gasteiger partial charge in [-0.05, 0) is 31.6 Å². The van der Waals surface area contributed by atoms with Gasteiger partial charge in [-0.3, -0.25) is 0 Å². The van der Waals surface area contributed by atoms with Gasteiger partial charge in [0.1, 0.15) is 0 Å². The average Bonchev–Trinajstić information content (AvgIpc) is 2.09. The molecule has 0 radical (unpaired) electrons.